The molecule has 0 amide bonds. The maximum absolute atomic E-state index is 5.68. The largest absolute Gasteiger partial charge is 0.496 e. The first kappa shape index (κ1) is 12.2. The van der Waals surface area contributed by atoms with Crippen LogP contribution in [0, 0.1) is 0 Å². The van der Waals surface area contributed by atoms with Crippen molar-refractivity contribution in [3.8, 4) is 0 Å². The average molecular weight is 231 g/mol. The van der Waals surface area contributed by atoms with E-state index in [0.717, 1.165) is 38.2 Å². The van der Waals surface area contributed by atoms with Crippen LogP contribution in [0.5, 0.6) is 0 Å². The van der Waals surface area contributed by atoms with Gasteiger partial charge in [-0.2, -0.15) is 0 Å². The average Bonchev–Trinajstić information content (AvgIpc) is 2.89. The molecule has 0 radical (unpaired) electrons. The number of nitrogens with one attached hydrogen (secondary N) is 1. The molecule has 1 aliphatic rings. The first-order valence-electron chi connectivity index (χ1n) is 6.50. The van der Waals surface area contributed by atoms with E-state index in [9.17, 15) is 0 Å². The highest BCUT2D eigenvalue weighted by Crippen LogP contribution is 2.17. The first-order valence-corrected chi connectivity index (χ1v) is 6.50. The Hall–Kier alpha value is -1.28. The van der Waals surface area contributed by atoms with Crippen molar-refractivity contribution in [2.75, 3.05) is 13.2 Å². The zero-order valence-corrected chi connectivity index (χ0v) is 10.5. The minimum absolute atomic E-state index is 0.333. The molecule has 2 heteroatoms. The lowest BCUT2D eigenvalue weighted by Crippen LogP contribution is -2.33. The normalized spacial score (nSPS) is 16.4. The van der Waals surface area contributed by atoms with Crippen molar-refractivity contribution in [2.45, 2.75) is 32.2 Å². The van der Waals surface area contributed by atoms with Crippen molar-refractivity contribution in [2.24, 2.45) is 0 Å². The Balaban J connectivity index is 2.00. The molecule has 0 aliphatic carbocycles. The summed E-state index contributed by atoms with van der Waals surface area (Å²) in [4.78, 5) is 0. The molecule has 0 fully saturated rings. The third-order valence-electron chi connectivity index (χ3n) is 3.00. The molecule has 2 rings (SSSR count). The van der Waals surface area contributed by atoms with E-state index in [2.05, 4.69) is 48.6 Å². The zero-order chi connectivity index (χ0) is 11.9. The van der Waals surface area contributed by atoms with Gasteiger partial charge in [-0.25, -0.2) is 0 Å². The molecule has 0 bridgehead atoms. The minimum atomic E-state index is 0.333. The van der Waals surface area contributed by atoms with Gasteiger partial charge >= 0.3 is 0 Å². The fraction of sp³-hybridized carbons (Fsp3) is 0.467. The van der Waals surface area contributed by atoms with Gasteiger partial charge in [-0.15, -0.1) is 0 Å². The van der Waals surface area contributed by atoms with Crippen molar-refractivity contribution >= 4 is 0 Å². The van der Waals surface area contributed by atoms with Crippen LogP contribution in [0.4, 0.5) is 0 Å². The van der Waals surface area contributed by atoms with Crippen LogP contribution in [-0.4, -0.2) is 19.2 Å². The topological polar surface area (TPSA) is 21.3 Å². The van der Waals surface area contributed by atoms with Gasteiger partial charge in [-0.3, -0.25) is 0 Å². The van der Waals surface area contributed by atoms with Crippen LogP contribution in [0.3, 0.4) is 0 Å². The number of hydrogen-bond donors (Lipinski definition) is 1. The highest BCUT2D eigenvalue weighted by Gasteiger charge is 2.18. The highest BCUT2D eigenvalue weighted by atomic mass is 16.5. The number of ether oxygens (including phenoxy) is 1. The van der Waals surface area contributed by atoms with E-state index in [4.69, 9.17) is 4.74 Å². The maximum atomic E-state index is 5.68. The molecule has 1 unspecified atom stereocenters. The second-order valence-electron chi connectivity index (χ2n) is 4.44. The van der Waals surface area contributed by atoms with Gasteiger partial charge in [0.2, 0.25) is 0 Å². The summed E-state index contributed by atoms with van der Waals surface area (Å²) in [5.41, 5.74) is 1.36. The van der Waals surface area contributed by atoms with Crippen LogP contribution in [-0.2, 0) is 11.2 Å². The smallest absolute Gasteiger partial charge is 0.109 e. The second kappa shape index (κ2) is 6.45. The van der Waals surface area contributed by atoms with Gasteiger partial charge in [0.1, 0.15) is 5.76 Å². The van der Waals surface area contributed by atoms with E-state index in [1.54, 1.807) is 0 Å². The summed E-state index contributed by atoms with van der Waals surface area (Å²) in [7, 11) is 0. The summed E-state index contributed by atoms with van der Waals surface area (Å²) in [6, 6.07) is 10.9. The first-order chi connectivity index (χ1) is 8.40. The Morgan fingerprint density at radius 3 is 2.76 bits per heavy atom. The van der Waals surface area contributed by atoms with E-state index in [-0.39, 0.29) is 0 Å². The molecule has 2 nitrogen and oxygen atoms in total. The molecule has 0 aromatic heterocycles. The van der Waals surface area contributed by atoms with Crippen LogP contribution in [0.15, 0.2) is 42.2 Å². The van der Waals surface area contributed by atoms with Crippen LogP contribution in [0.25, 0.3) is 0 Å². The molecule has 0 spiro atoms. The summed E-state index contributed by atoms with van der Waals surface area (Å²) in [5.74, 6) is 1.13. The van der Waals surface area contributed by atoms with Gasteiger partial charge in [-0.05, 0) is 31.0 Å². The lowest BCUT2D eigenvalue weighted by molar-refractivity contribution is 0.214. The predicted molar refractivity (Wildman–Crippen MR) is 70.9 cm³/mol. The minimum Gasteiger partial charge on any atom is -0.496 e. The van der Waals surface area contributed by atoms with Gasteiger partial charge < -0.3 is 10.1 Å². The van der Waals surface area contributed by atoms with Gasteiger partial charge in [0, 0.05) is 6.42 Å². The van der Waals surface area contributed by atoms with Crippen molar-refractivity contribution in [1.29, 1.82) is 0 Å². The molecular weight excluding hydrogens is 210 g/mol. The van der Waals surface area contributed by atoms with Crippen LogP contribution >= 0.6 is 0 Å². The van der Waals surface area contributed by atoms with Gasteiger partial charge in [0.15, 0.2) is 0 Å². The van der Waals surface area contributed by atoms with E-state index >= 15 is 0 Å². The summed E-state index contributed by atoms with van der Waals surface area (Å²) >= 11 is 0. The third-order valence-corrected chi connectivity index (χ3v) is 3.00. The molecule has 1 aromatic carbocycles. The van der Waals surface area contributed by atoms with Crippen LogP contribution < -0.4 is 5.32 Å². The Kier molecular flexibility index (Phi) is 4.63. The quantitative estimate of drug-likeness (QED) is 0.813. The monoisotopic (exact) mass is 231 g/mol. The predicted octanol–water partition coefficient (Wildman–Crippen LogP) is 2.90. The SMILES string of the molecule is CCCNC(Cc1ccccc1)C1=CCCO1. The molecule has 1 aliphatic heterocycles. The fourth-order valence-corrected chi connectivity index (χ4v) is 2.12. The lowest BCUT2D eigenvalue weighted by Gasteiger charge is -2.19. The maximum Gasteiger partial charge on any atom is 0.109 e. The molecule has 17 heavy (non-hydrogen) atoms. The van der Waals surface area contributed by atoms with Crippen molar-refractivity contribution in [1.82, 2.24) is 5.32 Å². The van der Waals surface area contributed by atoms with Crippen LogP contribution in [0.1, 0.15) is 25.3 Å². The summed E-state index contributed by atoms with van der Waals surface area (Å²) < 4.78 is 5.68. The Morgan fingerprint density at radius 1 is 1.29 bits per heavy atom. The van der Waals surface area contributed by atoms with Gasteiger partial charge in [-0.1, -0.05) is 37.3 Å². The lowest BCUT2D eigenvalue weighted by atomic mass is 10.0. The molecule has 1 N–H and O–H groups in total. The van der Waals surface area contributed by atoms with E-state index in [0.29, 0.717) is 6.04 Å². The highest BCUT2D eigenvalue weighted by molar-refractivity contribution is 5.19. The van der Waals surface area contributed by atoms with E-state index in [1.807, 2.05) is 0 Å². The zero-order valence-electron chi connectivity index (χ0n) is 10.5. The van der Waals surface area contributed by atoms with Crippen LogP contribution in [0.2, 0.25) is 0 Å². The molecule has 1 aromatic rings. The molecule has 92 valence electrons. The summed E-state index contributed by atoms with van der Waals surface area (Å²) in [6.45, 7) is 4.07. The number of rotatable bonds is 6. The molecule has 1 heterocycles. The molecular formula is C15H21NO. The fourth-order valence-electron chi connectivity index (χ4n) is 2.12. The van der Waals surface area contributed by atoms with E-state index in [1.165, 1.54) is 5.56 Å². The van der Waals surface area contributed by atoms with Crippen molar-refractivity contribution < 1.29 is 4.74 Å². The summed E-state index contributed by atoms with van der Waals surface area (Å²) in [5, 5.41) is 3.57. The Morgan fingerprint density at radius 2 is 2.12 bits per heavy atom. The standard InChI is InChI=1S/C15H21NO/c1-2-10-16-14(15-9-6-11-17-15)12-13-7-4-3-5-8-13/h3-5,7-9,14,16H,2,6,10-12H2,1H3. The Labute approximate surface area is 104 Å². The van der Waals surface area contributed by atoms with Gasteiger partial charge in [0.05, 0.1) is 12.6 Å². The molecule has 0 saturated heterocycles. The Bertz CT molecular complexity index is 358. The van der Waals surface area contributed by atoms with Crippen molar-refractivity contribution in [3.63, 3.8) is 0 Å². The van der Waals surface area contributed by atoms with E-state index < -0.39 is 0 Å². The second-order valence-corrected chi connectivity index (χ2v) is 4.44. The van der Waals surface area contributed by atoms with Crippen molar-refractivity contribution in [3.05, 3.63) is 47.7 Å². The molecule has 0 saturated carbocycles. The number of hydrogen-bond acceptors (Lipinski definition) is 2. The summed E-state index contributed by atoms with van der Waals surface area (Å²) in [6.07, 6.45) is 5.43. The van der Waals surface area contributed by atoms with Gasteiger partial charge in [0.25, 0.3) is 0 Å². The third kappa shape index (κ3) is 3.60. The number of benzene rings is 1. The molecule has 1 atom stereocenters.